The van der Waals surface area contributed by atoms with E-state index >= 15 is 0 Å². The molecule has 1 amide bonds. The van der Waals surface area contributed by atoms with Gasteiger partial charge in [0.15, 0.2) is 0 Å². The molecule has 124 valence electrons. The number of benzene rings is 1. The van der Waals surface area contributed by atoms with Gasteiger partial charge in [-0.2, -0.15) is 0 Å². The minimum Gasteiger partial charge on any atom is -0.341 e. The van der Waals surface area contributed by atoms with Crippen molar-refractivity contribution in [1.82, 2.24) is 14.9 Å². The first-order valence-electron chi connectivity index (χ1n) is 7.02. The zero-order valence-corrected chi connectivity index (χ0v) is 14.1. The first kappa shape index (κ1) is 18.9. The molecular weight excluding hydrogens is 326 g/mol. The van der Waals surface area contributed by atoms with Crippen molar-refractivity contribution < 1.29 is 13.2 Å². The largest absolute Gasteiger partial charge is 0.341 e. The van der Waals surface area contributed by atoms with E-state index < -0.39 is 10.0 Å². The molecule has 1 heterocycles. The van der Waals surface area contributed by atoms with Crippen molar-refractivity contribution in [2.75, 3.05) is 26.7 Å². The number of rotatable bonds is 6. The van der Waals surface area contributed by atoms with Gasteiger partial charge in [0.05, 0.1) is 4.90 Å². The van der Waals surface area contributed by atoms with E-state index in [2.05, 4.69) is 10.0 Å². The summed E-state index contributed by atoms with van der Waals surface area (Å²) in [5.41, 5.74) is 0. The van der Waals surface area contributed by atoms with Gasteiger partial charge in [0, 0.05) is 32.6 Å². The highest BCUT2D eigenvalue weighted by Gasteiger charge is 2.23. The monoisotopic (exact) mass is 347 g/mol. The predicted octanol–water partition coefficient (Wildman–Crippen LogP) is 0.597. The van der Waals surface area contributed by atoms with E-state index in [1.807, 2.05) is 0 Å². The van der Waals surface area contributed by atoms with Crippen LogP contribution in [0.5, 0.6) is 0 Å². The number of hydrogen-bond donors (Lipinski definition) is 2. The smallest absolute Gasteiger partial charge is 0.240 e. The van der Waals surface area contributed by atoms with Crippen LogP contribution in [0.1, 0.15) is 12.8 Å². The third-order valence-electron chi connectivity index (χ3n) is 3.66. The molecule has 6 nitrogen and oxygen atoms in total. The van der Waals surface area contributed by atoms with Gasteiger partial charge in [-0.3, -0.25) is 4.79 Å². The van der Waals surface area contributed by atoms with Crippen molar-refractivity contribution in [3.05, 3.63) is 30.3 Å². The molecule has 1 unspecified atom stereocenters. The number of likely N-dealkylation sites (N-methyl/N-ethyl adjacent to an activating group) is 1. The van der Waals surface area contributed by atoms with Gasteiger partial charge in [-0.15, -0.1) is 12.4 Å². The topological polar surface area (TPSA) is 78.5 Å². The van der Waals surface area contributed by atoms with Gasteiger partial charge < -0.3 is 10.2 Å². The van der Waals surface area contributed by atoms with Gasteiger partial charge in [0.2, 0.25) is 15.9 Å². The lowest BCUT2D eigenvalue weighted by Crippen LogP contribution is -2.40. The van der Waals surface area contributed by atoms with Crippen LogP contribution in [0.25, 0.3) is 0 Å². The van der Waals surface area contributed by atoms with Gasteiger partial charge in [-0.25, -0.2) is 13.1 Å². The van der Waals surface area contributed by atoms with Crippen LogP contribution >= 0.6 is 12.4 Å². The van der Waals surface area contributed by atoms with Crippen molar-refractivity contribution in [3.63, 3.8) is 0 Å². The molecule has 8 heteroatoms. The Morgan fingerprint density at radius 3 is 2.64 bits per heavy atom. The number of hydrogen-bond acceptors (Lipinski definition) is 4. The van der Waals surface area contributed by atoms with Crippen LogP contribution in [-0.4, -0.2) is 51.9 Å². The van der Waals surface area contributed by atoms with Gasteiger partial charge in [0.25, 0.3) is 0 Å². The maximum Gasteiger partial charge on any atom is 0.240 e. The van der Waals surface area contributed by atoms with Crippen molar-refractivity contribution in [2.45, 2.75) is 23.8 Å². The van der Waals surface area contributed by atoms with Crippen LogP contribution in [0.2, 0.25) is 0 Å². The summed E-state index contributed by atoms with van der Waals surface area (Å²) in [7, 11) is -1.76. The van der Waals surface area contributed by atoms with E-state index in [1.165, 1.54) is 12.1 Å². The summed E-state index contributed by atoms with van der Waals surface area (Å²) in [6.07, 6.45) is 1.11. The molecule has 1 fully saturated rings. The molecule has 0 saturated carbocycles. The molecule has 0 spiro atoms. The number of amides is 1. The van der Waals surface area contributed by atoms with E-state index in [-0.39, 0.29) is 42.2 Å². The molecule has 0 aromatic heterocycles. The molecule has 1 aliphatic rings. The third kappa shape index (κ3) is 4.95. The minimum atomic E-state index is -3.53. The fourth-order valence-corrected chi connectivity index (χ4v) is 3.38. The molecule has 1 aliphatic heterocycles. The lowest BCUT2D eigenvalue weighted by molar-refractivity contribution is -0.131. The molecule has 1 aromatic rings. The lowest BCUT2D eigenvalue weighted by atomic mass is 10.2. The van der Waals surface area contributed by atoms with Crippen molar-refractivity contribution in [1.29, 1.82) is 0 Å². The summed E-state index contributed by atoms with van der Waals surface area (Å²) in [5, 5.41) is 3.20. The number of halogens is 1. The second-order valence-corrected chi connectivity index (χ2v) is 6.88. The molecule has 1 atom stereocenters. The van der Waals surface area contributed by atoms with Crippen LogP contribution in [0.3, 0.4) is 0 Å². The lowest BCUT2D eigenvalue weighted by Gasteiger charge is -2.23. The molecule has 22 heavy (non-hydrogen) atoms. The Bertz CT molecular complexity index is 574. The molecule has 2 N–H and O–H groups in total. The van der Waals surface area contributed by atoms with Gasteiger partial charge >= 0.3 is 0 Å². The number of nitrogens with zero attached hydrogens (tertiary/aromatic N) is 1. The Morgan fingerprint density at radius 1 is 1.36 bits per heavy atom. The van der Waals surface area contributed by atoms with Gasteiger partial charge in [0.1, 0.15) is 0 Å². The van der Waals surface area contributed by atoms with Crippen molar-refractivity contribution >= 4 is 28.3 Å². The Morgan fingerprint density at radius 2 is 2.05 bits per heavy atom. The predicted molar refractivity (Wildman–Crippen MR) is 87.5 cm³/mol. The Balaban J connectivity index is 0.00000242. The van der Waals surface area contributed by atoms with Crippen LogP contribution < -0.4 is 10.0 Å². The molecule has 1 aromatic carbocycles. The van der Waals surface area contributed by atoms with Gasteiger partial charge in [-0.05, 0) is 25.1 Å². The quantitative estimate of drug-likeness (QED) is 0.789. The maximum atomic E-state index is 12.0. The van der Waals surface area contributed by atoms with E-state index in [9.17, 15) is 13.2 Å². The summed E-state index contributed by atoms with van der Waals surface area (Å²) >= 11 is 0. The molecular formula is C14H22ClN3O3S. The molecule has 1 saturated heterocycles. The fraction of sp³-hybridized carbons (Fsp3) is 0.500. The fourth-order valence-electron chi connectivity index (χ4n) is 2.33. The normalized spacial score (nSPS) is 17.8. The second kappa shape index (κ2) is 8.47. The van der Waals surface area contributed by atoms with Crippen LogP contribution in [0.15, 0.2) is 35.2 Å². The standard InChI is InChI=1S/C14H21N3O3S.ClH/c1-17(12-7-9-15-11-12)14(18)8-10-16-21(19,20)13-5-3-2-4-6-13;/h2-6,12,15-16H,7-11H2,1H3;1H. The average molecular weight is 348 g/mol. The highest BCUT2D eigenvalue weighted by atomic mass is 35.5. The summed E-state index contributed by atoms with van der Waals surface area (Å²) in [4.78, 5) is 13.9. The zero-order valence-electron chi connectivity index (χ0n) is 12.5. The molecule has 2 rings (SSSR count). The van der Waals surface area contributed by atoms with Crippen LogP contribution in [0.4, 0.5) is 0 Å². The average Bonchev–Trinajstić information content (AvgIpc) is 3.01. The SMILES string of the molecule is CN(C(=O)CCNS(=O)(=O)c1ccccc1)C1CCNC1.Cl. The Labute approximate surface area is 137 Å². The highest BCUT2D eigenvalue weighted by molar-refractivity contribution is 7.89. The number of sulfonamides is 1. The first-order valence-corrected chi connectivity index (χ1v) is 8.50. The Hall–Kier alpha value is -1.15. The minimum absolute atomic E-state index is 0. The van der Waals surface area contributed by atoms with E-state index in [1.54, 1.807) is 30.1 Å². The van der Waals surface area contributed by atoms with Gasteiger partial charge in [-0.1, -0.05) is 18.2 Å². The van der Waals surface area contributed by atoms with Crippen LogP contribution in [0, 0.1) is 0 Å². The van der Waals surface area contributed by atoms with E-state index in [4.69, 9.17) is 0 Å². The van der Waals surface area contributed by atoms with Crippen LogP contribution in [-0.2, 0) is 14.8 Å². The summed E-state index contributed by atoms with van der Waals surface area (Å²) < 4.78 is 26.4. The number of carbonyl (C=O) groups excluding carboxylic acids is 1. The van der Waals surface area contributed by atoms with E-state index in [0.717, 1.165) is 19.5 Å². The summed E-state index contributed by atoms with van der Waals surface area (Å²) in [6.45, 7) is 1.83. The molecule has 0 aliphatic carbocycles. The number of carbonyl (C=O) groups is 1. The van der Waals surface area contributed by atoms with Crippen molar-refractivity contribution in [3.8, 4) is 0 Å². The highest BCUT2D eigenvalue weighted by Crippen LogP contribution is 2.09. The van der Waals surface area contributed by atoms with Crippen molar-refractivity contribution in [2.24, 2.45) is 0 Å². The molecule has 0 bridgehead atoms. The summed E-state index contributed by atoms with van der Waals surface area (Å²) in [5.74, 6) is -0.0422. The van der Waals surface area contributed by atoms with E-state index in [0.29, 0.717) is 0 Å². The maximum absolute atomic E-state index is 12.0. The third-order valence-corrected chi connectivity index (χ3v) is 5.14. The summed E-state index contributed by atoms with van der Waals surface area (Å²) in [6, 6.07) is 8.36. The zero-order chi connectivity index (χ0) is 15.3. The second-order valence-electron chi connectivity index (χ2n) is 5.11. The first-order chi connectivity index (χ1) is 10.0. The number of nitrogens with one attached hydrogen (secondary N) is 2. The molecule has 0 radical (unpaired) electrons. The Kier molecular flexibility index (Phi) is 7.28.